The van der Waals surface area contributed by atoms with Crippen molar-refractivity contribution < 1.29 is 13.9 Å². The van der Waals surface area contributed by atoms with Crippen LogP contribution in [-0.2, 0) is 4.79 Å². The van der Waals surface area contributed by atoms with Crippen molar-refractivity contribution in [1.29, 1.82) is 0 Å². The van der Waals surface area contributed by atoms with Crippen LogP contribution >= 0.6 is 0 Å². The summed E-state index contributed by atoms with van der Waals surface area (Å²) in [6.07, 6.45) is 1.97. The van der Waals surface area contributed by atoms with E-state index in [-0.39, 0.29) is 23.2 Å². The molecule has 1 amide bonds. The van der Waals surface area contributed by atoms with Crippen LogP contribution < -0.4 is 9.64 Å². The van der Waals surface area contributed by atoms with Crippen molar-refractivity contribution in [3.8, 4) is 11.6 Å². The van der Waals surface area contributed by atoms with Gasteiger partial charge in [0, 0.05) is 44.2 Å². The van der Waals surface area contributed by atoms with Gasteiger partial charge in [0.1, 0.15) is 23.7 Å². The summed E-state index contributed by atoms with van der Waals surface area (Å²) in [5, 5.41) is 0. The zero-order valence-corrected chi connectivity index (χ0v) is 16.9. The lowest BCUT2D eigenvalue weighted by molar-refractivity contribution is -0.135. The summed E-state index contributed by atoms with van der Waals surface area (Å²) < 4.78 is 19.0. The Labute approximate surface area is 165 Å². The van der Waals surface area contributed by atoms with Gasteiger partial charge >= 0.3 is 0 Å². The zero-order valence-electron chi connectivity index (χ0n) is 16.9. The first-order valence-corrected chi connectivity index (χ1v) is 9.51. The van der Waals surface area contributed by atoms with E-state index >= 15 is 0 Å². The molecule has 2 aromatic rings. The third-order valence-electron chi connectivity index (χ3n) is 4.60. The molecule has 1 aliphatic heterocycles. The normalized spacial score (nSPS) is 17.5. The number of hydrogen-bond acceptors (Lipinski definition) is 5. The number of rotatable bonds is 4. The molecule has 0 bridgehead atoms. The van der Waals surface area contributed by atoms with Gasteiger partial charge in [-0.1, -0.05) is 26.8 Å². The van der Waals surface area contributed by atoms with Crippen molar-refractivity contribution in [2.75, 3.05) is 24.5 Å². The van der Waals surface area contributed by atoms with Crippen molar-refractivity contribution in [1.82, 2.24) is 14.9 Å². The van der Waals surface area contributed by atoms with E-state index in [2.05, 4.69) is 42.6 Å². The number of amides is 1. The Morgan fingerprint density at radius 3 is 2.71 bits per heavy atom. The van der Waals surface area contributed by atoms with Crippen LogP contribution in [0.4, 0.5) is 10.2 Å². The van der Waals surface area contributed by atoms with Gasteiger partial charge < -0.3 is 14.5 Å². The van der Waals surface area contributed by atoms with E-state index in [1.165, 1.54) is 18.5 Å². The molecular weight excluding hydrogens is 359 g/mol. The number of carbonyl (C=O) groups excluding carboxylic acids is 1. The Balaban J connectivity index is 1.66. The summed E-state index contributed by atoms with van der Waals surface area (Å²) in [4.78, 5) is 25.1. The van der Waals surface area contributed by atoms with E-state index < -0.39 is 0 Å². The Morgan fingerprint density at radius 1 is 1.25 bits per heavy atom. The molecule has 2 heterocycles. The molecule has 0 radical (unpaired) electrons. The number of hydrogen-bond donors (Lipinski definition) is 0. The lowest BCUT2D eigenvalue weighted by Crippen LogP contribution is -2.54. The van der Waals surface area contributed by atoms with E-state index in [0.717, 1.165) is 5.82 Å². The summed E-state index contributed by atoms with van der Waals surface area (Å²) in [6.45, 7) is 10.3. The van der Waals surface area contributed by atoms with Gasteiger partial charge in [-0.2, -0.15) is 0 Å². The van der Waals surface area contributed by atoms with E-state index in [0.29, 0.717) is 37.7 Å². The standard InChI is InChI=1S/C21H27FN4O2/c1-15-13-25(8-9-26(15)20(27)12-21(2,3)4)18-11-19(24-14-23-18)28-17-7-5-6-16(22)10-17/h5-7,10-11,14-15H,8-9,12-13H2,1-4H3/t15-/m1/s1. The molecule has 1 fully saturated rings. The van der Waals surface area contributed by atoms with Gasteiger partial charge in [0.25, 0.3) is 0 Å². The molecule has 1 aliphatic rings. The molecule has 0 spiro atoms. The van der Waals surface area contributed by atoms with Crippen LogP contribution in [0.3, 0.4) is 0 Å². The van der Waals surface area contributed by atoms with Crippen LogP contribution in [0.1, 0.15) is 34.1 Å². The lowest BCUT2D eigenvalue weighted by atomic mass is 9.91. The molecule has 0 unspecified atom stereocenters. The van der Waals surface area contributed by atoms with E-state index in [4.69, 9.17) is 4.74 Å². The summed E-state index contributed by atoms with van der Waals surface area (Å²) in [6, 6.07) is 7.76. The van der Waals surface area contributed by atoms with Crippen molar-refractivity contribution in [2.24, 2.45) is 5.41 Å². The first-order chi connectivity index (χ1) is 13.2. The Kier molecular flexibility index (Phi) is 5.82. The fourth-order valence-corrected chi connectivity index (χ4v) is 3.30. The number of anilines is 1. The second-order valence-corrected chi connectivity index (χ2v) is 8.39. The van der Waals surface area contributed by atoms with Gasteiger partial charge in [-0.15, -0.1) is 0 Å². The average Bonchev–Trinajstić information content (AvgIpc) is 2.60. The van der Waals surface area contributed by atoms with E-state index in [1.54, 1.807) is 18.2 Å². The second kappa shape index (κ2) is 8.12. The number of benzene rings is 1. The zero-order chi connectivity index (χ0) is 20.3. The smallest absolute Gasteiger partial charge is 0.224 e. The van der Waals surface area contributed by atoms with Crippen LogP contribution in [0, 0.1) is 11.2 Å². The van der Waals surface area contributed by atoms with Crippen LogP contribution in [0.2, 0.25) is 0 Å². The van der Waals surface area contributed by atoms with Crippen molar-refractivity contribution >= 4 is 11.7 Å². The summed E-state index contributed by atoms with van der Waals surface area (Å²) >= 11 is 0. The molecule has 7 heteroatoms. The van der Waals surface area contributed by atoms with Crippen LogP contribution in [0.25, 0.3) is 0 Å². The predicted octanol–water partition coefficient (Wildman–Crippen LogP) is 3.88. The molecule has 1 saturated heterocycles. The third kappa shape index (κ3) is 5.18. The minimum Gasteiger partial charge on any atom is -0.439 e. The van der Waals surface area contributed by atoms with Crippen molar-refractivity contribution in [3.05, 3.63) is 42.5 Å². The fraction of sp³-hybridized carbons (Fsp3) is 0.476. The maximum Gasteiger partial charge on any atom is 0.224 e. The minimum absolute atomic E-state index is 0.0241. The molecule has 0 N–H and O–H groups in total. The van der Waals surface area contributed by atoms with Gasteiger partial charge in [-0.3, -0.25) is 4.79 Å². The van der Waals surface area contributed by atoms with Gasteiger partial charge in [0.2, 0.25) is 11.8 Å². The van der Waals surface area contributed by atoms with Crippen LogP contribution in [0.15, 0.2) is 36.7 Å². The largest absolute Gasteiger partial charge is 0.439 e. The summed E-state index contributed by atoms with van der Waals surface area (Å²) in [5.41, 5.74) is -0.0241. The molecule has 1 aromatic carbocycles. The number of carbonyl (C=O) groups is 1. The van der Waals surface area contributed by atoms with Gasteiger partial charge in [0.05, 0.1) is 0 Å². The molecule has 0 saturated carbocycles. The Hall–Kier alpha value is -2.70. The van der Waals surface area contributed by atoms with Crippen molar-refractivity contribution in [3.63, 3.8) is 0 Å². The number of nitrogens with zero attached hydrogens (tertiary/aromatic N) is 4. The summed E-state index contributed by atoms with van der Waals surface area (Å²) in [7, 11) is 0. The molecule has 0 aliphatic carbocycles. The molecule has 28 heavy (non-hydrogen) atoms. The van der Waals surface area contributed by atoms with Gasteiger partial charge in [-0.05, 0) is 24.5 Å². The second-order valence-electron chi connectivity index (χ2n) is 8.39. The molecule has 150 valence electrons. The first-order valence-electron chi connectivity index (χ1n) is 9.51. The number of halogens is 1. The average molecular weight is 386 g/mol. The number of piperazine rings is 1. The molecule has 6 nitrogen and oxygen atoms in total. The van der Waals surface area contributed by atoms with Gasteiger partial charge in [-0.25, -0.2) is 14.4 Å². The lowest BCUT2D eigenvalue weighted by Gasteiger charge is -2.41. The monoisotopic (exact) mass is 386 g/mol. The number of ether oxygens (including phenoxy) is 1. The van der Waals surface area contributed by atoms with Crippen LogP contribution in [0.5, 0.6) is 11.6 Å². The highest BCUT2D eigenvalue weighted by Crippen LogP contribution is 2.26. The highest BCUT2D eigenvalue weighted by molar-refractivity contribution is 5.77. The molecule has 3 rings (SSSR count). The minimum atomic E-state index is -0.364. The maximum atomic E-state index is 13.3. The van der Waals surface area contributed by atoms with Gasteiger partial charge in [0.15, 0.2) is 0 Å². The van der Waals surface area contributed by atoms with E-state index in [1.807, 2.05) is 4.90 Å². The predicted molar refractivity (Wildman–Crippen MR) is 106 cm³/mol. The van der Waals surface area contributed by atoms with Crippen LogP contribution in [-0.4, -0.2) is 46.5 Å². The summed E-state index contributed by atoms with van der Waals surface area (Å²) in [5.74, 6) is 1.30. The fourth-order valence-electron chi connectivity index (χ4n) is 3.30. The van der Waals surface area contributed by atoms with E-state index in [9.17, 15) is 9.18 Å². The topological polar surface area (TPSA) is 58.6 Å². The highest BCUT2D eigenvalue weighted by Gasteiger charge is 2.30. The quantitative estimate of drug-likeness (QED) is 0.798. The Morgan fingerprint density at radius 2 is 2.04 bits per heavy atom. The maximum absolute atomic E-state index is 13.3. The SMILES string of the molecule is C[C@@H]1CN(c2cc(Oc3cccc(F)c3)ncn2)CCN1C(=O)CC(C)(C)C. The van der Waals surface area contributed by atoms with Crippen molar-refractivity contribution in [2.45, 2.75) is 40.2 Å². The molecule has 1 aromatic heterocycles. The molecule has 1 atom stereocenters. The third-order valence-corrected chi connectivity index (χ3v) is 4.60. The first kappa shape index (κ1) is 20.0. The molecular formula is C21H27FN4O2. The highest BCUT2D eigenvalue weighted by atomic mass is 19.1. The number of aromatic nitrogens is 2. The Bertz CT molecular complexity index is 837.